The van der Waals surface area contributed by atoms with Crippen LogP contribution in [-0.2, 0) is 0 Å². The first-order valence-electron chi connectivity index (χ1n) is 5.06. The zero-order valence-corrected chi connectivity index (χ0v) is 9.66. The van der Waals surface area contributed by atoms with E-state index in [-0.39, 0.29) is 6.29 Å². The second-order valence-electron chi connectivity index (χ2n) is 3.88. The average molecular weight is 242 g/mol. The largest absolute Gasteiger partial charge is 0.356 e. The standard InChI is InChI=1S/C10H12ClN3S/c11-6-1-4-8-9(5-6)15-14-10(13-8)12-7-2-3-7/h1,4-5,7,10,12-14H,2-3H2. The SMILES string of the molecule is Clc1ccc2c(c1)SNC(NC1CC1)N2. The van der Waals surface area contributed by atoms with Gasteiger partial charge < -0.3 is 5.32 Å². The van der Waals surface area contributed by atoms with Crippen LogP contribution in [0.3, 0.4) is 0 Å². The van der Waals surface area contributed by atoms with Gasteiger partial charge >= 0.3 is 0 Å². The fourth-order valence-corrected chi connectivity index (χ4v) is 2.60. The van der Waals surface area contributed by atoms with Crippen LogP contribution in [0, 0.1) is 0 Å². The smallest absolute Gasteiger partial charge is 0.142 e. The normalized spacial score (nSPS) is 24.5. The van der Waals surface area contributed by atoms with Crippen molar-refractivity contribution in [1.82, 2.24) is 10.0 Å². The van der Waals surface area contributed by atoms with E-state index < -0.39 is 0 Å². The number of anilines is 1. The molecule has 2 aliphatic rings. The molecule has 0 amide bonds. The molecule has 1 fully saturated rings. The summed E-state index contributed by atoms with van der Waals surface area (Å²) in [5.74, 6) is 0. The van der Waals surface area contributed by atoms with Gasteiger partial charge in [-0.2, -0.15) is 0 Å². The van der Waals surface area contributed by atoms with Crippen LogP contribution in [0.25, 0.3) is 0 Å². The molecule has 3 nitrogen and oxygen atoms in total. The van der Waals surface area contributed by atoms with E-state index in [0.29, 0.717) is 6.04 Å². The van der Waals surface area contributed by atoms with E-state index >= 15 is 0 Å². The first-order chi connectivity index (χ1) is 7.31. The van der Waals surface area contributed by atoms with Crippen molar-refractivity contribution >= 4 is 29.2 Å². The maximum absolute atomic E-state index is 5.92. The molecule has 1 unspecified atom stereocenters. The van der Waals surface area contributed by atoms with Gasteiger partial charge in [-0.25, -0.2) is 4.72 Å². The fourth-order valence-electron chi connectivity index (χ4n) is 1.57. The second kappa shape index (κ2) is 3.87. The van der Waals surface area contributed by atoms with Gasteiger partial charge in [0.1, 0.15) is 6.29 Å². The highest BCUT2D eigenvalue weighted by Gasteiger charge is 2.26. The Kier molecular flexibility index (Phi) is 2.52. The van der Waals surface area contributed by atoms with Crippen LogP contribution in [0.2, 0.25) is 5.02 Å². The minimum absolute atomic E-state index is 0.163. The van der Waals surface area contributed by atoms with Crippen LogP contribution in [0.15, 0.2) is 23.1 Å². The molecule has 0 bridgehead atoms. The van der Waals surface area contributed by atoms with Crippen molar-refractivity contribution in [3.63, 3.8) is 0 Å². The molecule has 1 saturated carbocycles. The Balaban J connectivity index is 1.74. The van der Waals surface area contributed by atoms with Crippen molar-refractivity contribution in [1.29, 1.82) is 0 Å². The summed E-state index contributed by atoms with van der Waals surface area (Å²) in [6, 6.07) is 6.58. The molecule has 80 valence electrons. The van der Waals surface area contributed by atoms with Crippen LogP contribution in [-0.4, -0.2) is 12.3 Å². The molecular formula is C10H12ClN3S. The molecule has 0 aromatic heterocycles. The average Bonchev–Trinajstić information content (AvgIpc) is 3.02. The number of hydrogen-bond acceptors (Lipinski definition) is 4. The van der Waals surface area contributed by atoms with Gasteiger partial charge in [0.25, 0.3) is 0 Å². The first kappa shape index (κ1) is 9.78. The summed E-state index contributed by atoms with van der Waals surface area (Å²) >= 11 is 7.54. The zero-order chi connectivity index (χ0) is 10.3. The summed E-state index contributed by atoms with van der Waals surface area (Å²) in [4.78, 5) is 1.15. The van der Waals surface area contributed by atoms with Crippen molar-refractivity contribution in [2.45, 2.75) is 30.1 Å². The highest BCUT2D eigenvalue weighted by atomic mass is 35.5. The van der Waals surface area contributed by atoms with Crippen molar-refractivity contribution in [3.05, 3.63) is 23.2 Å². The van der Waals surface area contributed by atoms with Gasteiger partial charge in [0.2, 0.25) is 0 Å². The number of fused-ring (bicyclic) bond motifs is 1. The van der Waals surface area contributed by atoms with Crippen molar-refractivity contribution in [2.75, 3.05) is 5.32 Å². The molecule has 0 radical (unpaired) electrons. The summed E-state index contributed by atoms with van der Waals surface area (Å²) in [5.41, 5.74) is 1.14. The number of hydrogen-bond donors (Lipinski definition) is 3. The van der Waals surface area contributed by atoms with Crippen LogP contribution in [0.5, 0.6) is 0 Å². The third-order valence-electron chi connectivity index (χ3n) is 2.51. The molecule has 3 N–H and O–H groups in total. The second-order valence-corrected chi connectivity index (χ2v) is 5.19. The first-order valence-corrected chi connectivity index (χ1v) is 6.25. The van der Waals surface area contributed by atoms with E-state index in [2.05, 4.69) is 15.4 Å². The van der Waals surface area contributed by atoms with Crippen LogP contribution < -0.4 is 15.4 Å². The van der Waals surface area contributed by atoms with Gasteiger partial charge in [0.15, 0.2) is 0 Å². The molecule has 1 aliphatic carbocycles. The van der Waals surface area contributed by atoms with Crippen molar-refractivity contribution < 1.29 is 0 Å². The Bertz CT molecular complexity index is 381. The van der Waals surface area contributed by atoms with E-state index in [1.807, 2.05) is 18.2 Å². The predicted octanol–water partition coefficient (Wildman–Crippen LogP) is 2.40. The highest BCUT2D eigenvalue weighted by Crippen LogP contribution is 2.32. The number of halogens is 1. The van der Waals surface area contributed by atoms with Gasteiger partial charge in [-0.1, -0.05) is 11.6 Å². The van der Waals surface area contributed by atoms with E-state index in [9.17, 15) is 0 Å². The molecule has 5 heteroatoms. The maximum Gasteiger partial charge on any atom is 0.142 e. The number of rotatable bonds is 2. The van der Waals surface area contributed by atoms with E-state index in [1.165, 1.54) is 12.8 Å². The summed E-state index contributed by atoms with van der Waals surface area (Å²) in [5, 5.41) is 7.64. The summed E-state index contributed by atoms with van der Waals surface area (Å²) < 4.78 is 3.31. The fraction of sp³-hybridized carbons (Fsp3) is 0.400. The highest BCUT2D eigenvalue weighted by molar-refractivity contribution is 7.97. The van der Waals surface area contributed by atoms with E-state index in [1.54, 1.807) is 11.9 Å². The minimum atomic E-state index is 0.163. The summed E-state index contributed by atoms with van der Waals surface area (Å²) in [6.45, 7) is 0. The van der Waals surface area contributed by atoms with Crippen molar-refractivity contribution in [3.8, 4) is 0 Å². The molecule has 1 heterocycles. The molecule has 1 aromatic rings. The third-order valence-corrected chi connectivity index (χ3v) is 3.66. The molecule has 1 aliphatic heterocycles. The lowest BCUT2D eigenvalue weighted by Crippen LogP contribution is -2.48. The Morgan fingerprint density at radius 2 is 2.27 bits per heavy atom. The predicted molar refractivity (Wildman–Crippen MR) is 64.0 cm³/mol. The van der Waals surface area contributed by atoms with Gasteiger partial charge in [-0.05, 0) is 43.0 Å². The van der Waals surface area contributed by atoms with Gasteiger partial charge in [0, 0.05) is 16.0 Å². The quantitative estimate of drug-likeness (QED) is 0.695. The minimum Gasteiger partial charge on any atom is -0.356 e. The van der Waals surface area contributed by atoms with Gasteiger partial charge in [-0.15, -0.1) is 0 Å². The molecule has 1 atom stereocenters. The number of nitrogens with one attached hydrogen (secondary N) is 3. The molecule has 0 spiro atoms. The molecule has 0 saturated heterocycles. The number of benzene rings is 1. The topological polar surface area (TPSA) is 36.1 Å². The van der Waals surface area contributed by atoms with E-state index in [4.69, 9.17) is 11.6 Å². The summed E-state index contributed by atoms with van der Waals surface area (Å²) in [6.07, 6.45) is 2.74. The molecule has 3 rings (SSSR count). The van der Waals surface area contributed by atoms with Gasteiger partial charge in [-0.3, -0.25) is 5.32 Å². The lowest BCUT2D eigenvalue weighted by molar-refractivity contribution is 0.541. The molecule has 1 aromatic carbocycles. The monoisotopic (exact) mass is 241 g/mol. The lowest BCUT2D eigenvalue weighted by atomic mass is 10.3. The van der Waals surface area contributed by atoms with E-state index in [0.717, 1.165) is 15.6 Å². The Morgan fingerprint density at radius 3 is 3.07 bits per heavy atom. The summed E-state index contributed by atoms with van der Waals surface area (Å²) in [7, 11) is 0. The van der Waals surface area contributed by atoms with Crippen LogP contribution >= 0.6 is 23.5 Å². The Morgan fingerprint density at radius 1 is 1.40 bits per heavy atom. The zero-order valence-electron chi connectivity index (χ0n) is 8.09. The lowest BCUT2D eigenvalue weighted by Gasteiger charge is -2.28. The Hall–Kier alpha value is -0.420. The van der Waals surface area contributed by atoms with Crippen LogP contribution in [0.1, 0.15) is 12.8 Å². The molecule has 15 heavy (non-hydrogen) atoms. The van der Waals surface area contributed by atoms with Crippen molar-refractivity contribution in [2.24, 2.45) is 0 Å². The van der Waals surface area contributed by atoms with Gasteiger partial charge in [0.05, 0.1) is 5.69 Å². The Labute approximate surface area is 98.1 Å². The van der Waals surface area contributed by atoms with Crippen LogP contribution in [0.4, 0.5) is 5.69 Å². The third kappa shape index (κ3) is 2.23. The molecular weight excluding hydrogens is 230 g/mol. The maximum atomic E-state index is 5.92.